The Morgan fingerprint density at radius 1 is 0.765 bits per heavy atom. The van der Waals surface area contributed by atoms with Crippen LogP contribution in [0.5, 0.6) is 0 Å². The second-order valence-electron chi connectivity index (χ2n) is 6.85. The normalized spacial score (nSPS) is 13.8. The van der Waals surface area contributed by atoms with Gasteiger partial charge in [0.25, 0.3) is 0 Å². The first kappa shape index (κ1) is 28.0. The summed E-state index contributed by atoms with van der Waals surface area (Å²) in [5.74, 6) is -25.2. The van der Waals surface area contributed by atoms with Crippen LogP contribution in [0.4, 0.5) is 39.5 Å². The third kappa shape index (κ3) is 4.28. The molecule has 34 heavy (non-hydrogen) atoms. The fourth-order valence-electron chi connectivity index (χ4n) is 2.95. The van der Waals surface area contributed by atoms with Crippen LogP contribution < -0.4 is 5.32 Å². The smallest absolute Gasteiger partial charge is 0.218 e. The molecule has 0 spiro atoms. The van der Waals surface area contributed by atoms with Crippen molar-refractivity contribution in [3.8, 4) is 0 Å². The average molecular weight is 539 g/mol. The molecule has 15 heteroatoms. The molecule has 1 unspecified atom stereocenters. The van der Waals surface area contributed by atoms with Crippen LogP contribution in [0.25, 0.3) is 0 Å². The number of sulfone groups is 1. The minimum Gasteiger partial charge on any atom is -0.307 e. The van der Waals surface area contributed by atoms with Crippen molar-refractivity contribution in [3.63, 3.8) is 0 Å². The van der Waals surface area contributed by atoms with E-state index in [1.54, 1.807) is 0 Å². The van der Waals surface area contributed by atoms with Crippen LogP contribution in [-0.4, -0.2) is 32.5 Å². The molecule has 2 aromatic rings. The molecule has 1 atom stereocenters. The molecule has 0 aliphatic rings. The van der Waals surface area contributed by atoms with Gasteiger partial charge in [0.1, 0.15) is 9.79 Å². The van der Waals surface area contributed by atoms with Crippen LogP contribution in [0.2, 0.25) is 0 Å². The Bertz CT molecular complexity index is 1220. The Morgan fingerprint density at radius 2 is 1.12 bits per heavy atom. The van der Waals surface area contributed by atoms with E-state index >= 15 is 0 Å². The number of hydrogen-bond acceptors (Lipinski definition) is 5. The van der Waals surface area contributed by atoms with Gasteiger partial charge in [-0.1, -0.05) is 6.92 Å². The lowest BCUT2D eigenvalue weighted by molar-refractivity contribution is -0.122. The highest BCUT2D eigenvalue weighted by atomic mass is 32.2. The van der Waals surface area contributed by atoms with Gasteiger partial charge in [-0.25, -0.2) is 47.9 Å². The number of carbonyl (C=O) groups excluding carboxylic acids is 1. The van der Waals surface area contributed by atoms with Crippen molar-refractivity contribution in [2.45, 2.75) is 40.5 Å². The van der Waals surface area contributed by atoms with Gasteiger partial charge >= 0.3 is 0 Å². The summed E-state index contributed by atoms with van der Waals surface area (Å²) >= 11 is 0.0888. The van der Waals surface area contributed by atoms with Gasteiger partial charge in [-0.2, -0.15) is 0 Å². The number of ketones is 1. The standard InChI is InChI=1S/C19H14F9NO3S2/c1-4-19(29-3,6(2)30)5-33-16-10(23)14(27)18(15(28)11(16)24)34(31,32)17-12(25)8(21)7(20)9(22)13(17)26/h29H,4-5H2,1-3H3. The number of benzene rings is 2. The van der Waals surface area contributed by atoms with Crippen LogP contribution in [0.15, 0.2) is 14.7 Å². The highest BCUT2D eigenvalue weighted by Gasteiger charge is 2.41. The molecule has 0 bridgehead atoms. The fraction of sp³-hybridized carbons (Fsp3) is 0.316. The van der Waals surface area contributed by atoms with Crippen molar-refractivity contribution in [2.75, 3.05) is 12.8 Å². The molecule has 188 valence electrons. The van der Waals surface area contributed by atoms with E-state index in [1.807, 2.05) is 0 Å². The lowest BCUT2D eigenvalue weighted by atomic mass is 9.94. The Hall–Kier alpha value is -2.26. The lowest BCUT2D eigenvalue weighted by Crippen LogP contribution is -2.51. The summed E-state index contributed by atoms with van der Waals surface area (Å²) in [5.41, 5.74) is -1.39. The Balaban J connectivity index is 2.76. The fourth-order valence-corrected chi connectivity index (χ4v) is 5.83. The number of halogens is 9. The predicted molar refractivity (Wildman–Crippen MR) is 101 cm³/mol. The van der Waals surface area contributed by atoms with E-state index in [1.165, 1.54) is 14.0 Å². The molecule has 0 saturated heterocycles. The van der Waals surface area contributed by atoms with E-state index < -0.39 is 94.0 Å². The van der Waals surface area contributed by atoms with Crippen molar-refractivity contribution in [2.24, 2.45) is 0 Å². The summed E-state index contributed by atoms with van der Waals surface area (Å²) in [7, 11) is -5.02. The first-order valence-electron chi connectivity index (χ1n) is 9.05. The van der Waals surface area contributed by atoms with Gasteiger partial charge in [0.05, 0.1) is 10.4 Å². The number of hydrogen-bond donors (Lipinski definition) is 1. The topological polar surface area (TPSA) is 63.2 Å². The number of thioether (sulfide) groups is 1. The maximum atomic E-state index is 14.6. The number of carbonyl (C=O) groups is 1. The van der Waals surface area contributed by atoms with Crippen molar-refractivity contribution >= 4 is 27.4 Å². The second kappa shape index (κ2) is 9.77. The Kier molecular flexibility index (Phi) is 8.04. The molecule has 1 N–H and O–H groups in total. The van der Waals surface area contributed by atoms with Crippen molar-refractivity contribution < 1.29 is 52.7 Å². The van der Waals surface area contributed by atoms with E-state index in [2.05, 4.69) is 5.32 Å². The minimum absolute atomic E-state index is 0.0761. The van der Waals surface area contributed by atoms with E-state index in [-0.39, 0.29) is 18.2 Å². The summed E-state index contributed by atoms with van der Waals surface area (Å²) in [6, 6.07) is 0. The number of rotatable bonds is 8. The Morgan fingerprint density at radius 3 is 1.44 bits per heavy atom. The molecule has 0 heterocycles. The van der Waals surface area contributed by atoms with Gasteiger partial charge < -0.3 is 5.32 Å². The highest BCUT2D eigenvalue weighted by Crippen LogP contribution is 2.39. The zero-order valence-corrected chi connectivity index (χ0v) is 19.0. The minimum atomic E-state index is -6.35. The third-order valence-electron chi connectivity index (χ3n) is 5.11. The number of nitrogens with one attached hydrogen (secondary N) is 1. The zero-order valence-electron chi connectivity index (χ0n) is 17.4. The third-order valence-corrected chi connectivity index (χ3v) is 8.18. The van der Waals surface area contributed by atoms with Gasteiger partial charge in [0.15, 0.2) is 52.3 Å². The molecule has 4 nitrogen and oxygen atoms in total. The van der Waals surface area contributed by atoms with Crippen molar-refractivity contribution in [1.82, 2.24) is 5.32 Å². The highest BCUT2D eigenvalue weighted by molar-refractivity contribution is 7.99. The summed E-state index contributed by atoms with van der Waals surface area (Å²) < 4.78 is 151. The number of Topliss-reactive ketones (excluding diaryl/α,β-unsaturated/α-hetero) is 1. The molecular weight excluding hydrogens is 525 g/mol. The molecular formula is C19H14F9NO3S2. The molecule has 0 aliphatic heterocycles. The predicted octanol–water partition coefficient (Wildman–Crippen LogP) is 4.82. The van der Waals surface area contributed by atoms with Gasteiger partial charge in [0.2, 0.25) is 15.7 Å². The van der Waals surface area contributed by atoms with Crippen LogP contribution in [-0.2, 0) is 14.6 Å². The SMILES string of the molecule is CCC(CSc1c(F)c(F)c(S(=O)(=O)c2c(F)c(F)c(F)c(F)c2F)c(F)c1F)(NC)C(C)=O. The zero-order chi connectivity index (χ0) is 26.3. The quantitative estimate of drug-likeness (QED) is 0.171. The molecule has 2 rings (SSSR count). The molecule has 0 fully saturated rings. The average Bonchev–Trinajstić information content (AvgIpc) is 2.77. The second-order valence-corrected chi connectivity index (χ2v) is 9.66. The number of likely N-dealkylation sites (N-methyl/N-ethyl adjacent to an activating group) is 1. The molecule has 0 aliphatic carbocycles. The largest absolute Gasteiger partial charge is 0.307 e. The summed E-state index contributed by atoms with van der Waals surface area (Å²) in [6.07, 6.45) is 0.0761. The van der Waals surface area contributed by atoms with Crippen LogP contribution >= 0.6 is 11.8 Å². The van der Waals surface area contributed by atoms with Gasteiger partial charge in [-0.15, -0.1) is 11.8 Å². The van der Waals surface area contributed by atoms with Gasteiger partial charge in [-0.05, 0) is 20.4 Å². The van der Waals surface area contributed by atoms with E-state index in [4.69, 9.17) is 0 Å². The van der Waals surface area contributed by atoms with E-state index in [0.29, 0.717) is 0 Å². The molecule has 0 aromatic heterocycles. The van der Waals surface area contributed by atoms with Crippen LogP contribution in [0, 0.1) is 52.4 Å². The van der Waals surface area contributed by atoms with Gasteiger partial charge in [0, 0.05) is 5.75 Å². The summed E-state index contributed by atoms with van der Waals surface area (Å²) in [6.45, 7) is 2.65. The monoisotopic (exact) mass is 539 g/mol. The maximum absolute atomic E-state index is 14.6. The molecule has 0 saturated carbocycles. The first-order chi connectivity index (χ1) is 15.6. The Labute approximate surface area is 191 Å². The van der Waals surface area contributed by atoms with E-state index in [9.17, 15) is 52.7 Å². The van der Waals surface area contributed by atoms with E-state index in [0.717, 1.165) is 6.92 Å². The summed E-state index contributed by atoms with van der Waals surface area (Å²) in [5, 5.41) is 2.60. The molecule has 2 aromatic carbocycles. The molecule has 0 radical (unpaired) electrons. The first-order valence-corrected chi connectivity index (χ1v) is 11.5. The van der Waals surface area contributed by atoms with Crippen molar-refractivity contribution in [3.05, 3.63) is 52.4 Å². The summed E-state index contributed by atoms with van der Waals surface area (Å²) in [4.78, 5) is 5.18. The molecule has 0 amide bonds. The van der Waals surface area contributed by atoms with Crippen molar-refractivity contribution in [1.29, 1.82) is 0 Å². The van der Waals surface area contributed by atoms with Gasteiger partial charge in [-0.3, -0.25) is 4.79 Å². The maximum Gasteiger partial charge on any atom is 0.218 e. The van der Waals surface area contributed by atoms with Crippen LogP contribution in [0.1, 0.15) is 20.3 Å². The van der Waals surface area contributed by atoms with Crippen LogP contribution in [0.3, 0.4) is 0 Å². The lowest BCUT2D eigenvalue weighted by Gasteiger charge is -2.29.